The number of aromatic hydroxyl groups is 10. The van der Waals surface area contributed by atoms with Crippen molar-refractivity contribution < 1.29 is 51.1 Å². The SMILES string of the molecule is Oc1c2cccc1Cc1cccc(c1O)Cc1cc(N=Nc3ccc(-c4ccc(N=Nc5cc6c(O)c(c5)Cc5cccc(c5O)Cc5cccc(c5O)Cc5cccc(c5O)Cc5cccc(c5O)C6)cc4)cc3)cc(c1O)Cc1cccc(c1O)Cc1cccc(c1O)C2. The number of para-hydroxylation sites is 8. The molecule has 0 aromatic heterocycles. The predicted molar refractivity (Wildman–Crippen MR) is 369 cm³/mol. The summed E-state index contributed by atoms with van der Waals surface area (Å²) in [5, 5.41) is 136. The third-order valence-electron chi connectivity index (χ3n) is 18.6. The zero-order chi connectivity index (χ0) is 66.1. The predicted octanol–water partition coefficient (Wildman–Crippen LogP) is 17.8. The number of fused-ring (bicyclic) bond motifs is 20. The van der Waals surface area contributed by atoms with Gasteiger partial charge in [-0.15, -0.1) is 0 Å². The van der Waals surface area contributed by atoms with Gasteiger partial charge < -0.3 is 51.1 Å². The first-order valence-corrected chi connectivity index (χ1v) is 31.8. The van der Waals surface area contributed by atoms with Gasteiger partial charge in [-0.3, -0.25) is 0 Å². The van der Waals surface area contributed by atoms with Gasteiger partial charge in [0.2, 0.25) is 0 Å². The molecule has 12 aromatic rings. The lowest BCUT2D eigenvalue weighted by Gasteiger charge is -2.17. The standard InChI is InChI=1S/C82H66N4O10/c87-73-49-9-1-13-53(73)35-57-17-5-21-61(77(57)91)39-65-43-71(44-66(81(65)95)40-62-22-6-18-58(78(62)92)36-54-14-2-10-50(33-49)74(54)88)85-83-69-29-25-47(26-30-69)48-27-31-70(32-28-48)84-86-72-45-67-41-63-23-7-19-59(79(63)93)37-55-15-3-11-51(75(55)89)34-52-12-4-16-56(76(52)90)38-60-20-8-24-64(80(60)94)42-68(46-72)82(67)96/h1-32,43-46,87-96H,33-42H2. The van der Waals surface area contributed by atoms with Gasteiger partial charge in [-0.05, 0) is 149 Å². The second-order valence-electron chi connectivity index (χ2n) is 24.9. The molecule has 474 valence electrons. The highest BCUT2D eigenvalue weighted by molar-refractivity contribution is 5.68. The Hall–Kier alpha value is -12.2. The molecule has 2 aliphatic rings. The lowest BCUT2D eigenvalue weighted by atomic mass is 9.91. The lowest BCUT2D eigenvalue weighted by molar-refractivity contribution is 0.449. The number of phenolic OH excluding ortho intramolecular Hbond substituents is 10. The van der Waals surface area contributed by atoms with Crippen LogP contribution in [0.25, 0.3) is 11.1 Å². The maximum Gasteiger partial charge on any atom is 0.122 e. The fraction of sp³-hybridized carbons (Fsp3) is 0.122. The van der Waals surface area contributed by atoms with E-state index in [0.29, 0.717) is 134 Å². The van der Waals surface area contributed by atoms with Gasteiger partial charge in [-0.25, -0.2) is 0 Å². The van der Waals surface area contributed by atoms with Crippen molar-refractivity contribution in [2.75, 3.05) is 0 Å². The van der Waals surface area contributed by atoms with E-state index in [4.69, 9.17) is 0 Å². The average molecular weight is 1270 g/mol. The van der Waals surface area contributed by atoms with Crippen LogP contribution in [0, 0.1) is 0 Å². The van der Waals surface area contributed by atoms with Crippen LogP contribution in [0.15, 0.2) is 239 Å². The highest BCUT2D eigenvalue weighted by atomic mass is 16.3. The Morgan fingerprint density at radius 1 is 0.156 bits per heavy atom. The van der Waals surface area contributed by atoms with Crippen molar-refractivity contribution in [2.45, 2.75) is 64.2 Å². The summed E-state index contributed by atoms with van der Waals surface area (Å²) >= 11 is 0. The normalized spacial score (nSPS) is 13.1. The summed E-state index contributed by atoms with van der Waals surface area (Å²) in [6.45, 7) is 0. The molecule has 0 radical (unpaired) electrons. The summed E-state index contributed by atoms with van der Waals surface area (Å²) in [5.41, 5.74) is 15.0. The Bertz CT molecular complexity index is 4510. The molecule has 14 nitrogen and oxygen atoms in total. The zero-order valence-corrected chi connectivity index (χ0v) is 52.1. The summed E-state index contributed by atoms with van der Waals surface area (Å²) in [5.74, 6) is 0.301. The molecular formula is C82H66N4O10. The average Bonchev–Trinajstić information content (AvgIpc) is 0.859. The van der Waals surface area contributed by atoms with Crippen molar-refractivity contribution in [1.29, 1.82) is 0 Å². The van der Waals surface area contributed by atoms with Gasteiger partial charge in [0.15, 0.2) is 0 Å². The van der Waals surface area contributed by atoms with Crippen molar-refractivity contribution in [1.82, 2.24) is 0 Å². The minimum atomic E-state index is -0.0259. The van der Waals surface area contributed by atoms with E-state index in [9.17, 15) is 51.1 Å². The van der Waals surface area contributed by atoms with Crippen LogP contribution in [0.3, 0.4) is 0 Å². The van der Waals surface area contributed by atoms with Gasteiger partial charge in [-0.2, -0.15) is 20.5 Å². The number of azo groups is 2. The minimum absolute atomic E-state index is 0.0227. The molecule has 12 aromatic carbocycles. The lowest BCUT2D eigenvalue weighted by Crippen LogP contribution is -2.00. The van der Waals surface area contributed by atoms with Crippen LogP contribution in [0.2, 0.25) is 0 Å². The molecule has 10 N–H and O–H groups in total. The van der Waals surface area contributed by atoms with E-state index in [-0.39, 0.29) is 122 Å². The van der Waals surface area contributed by atoms with Crippen LogP contribution in [-0.2, 0) is 64.2 Å². The Labute approximate surface area is 554 Å². The minimum Gasteiger partial charge on any atom is -0.507 e. The highest BCUT2D eigenvalue weighted by Crippen LogP contribution is 2.43. The van der Waals surface area contributed by atoms with Crippen LogP contribution < -0.4 is 0 Å². The van der Waals surface area contributed by atoms with Crippen molar-refractivity contribution in [3.05, 3.63) is 330 Å². The smallest absolute Gasteiger partial charge is 0.122 e. The van der Waals surface area contributed by atoms with Gasteiger partial charge in [0.05, 0.1) is 22.7 Å². The Morgan fingerprint density at radius 3 is 0.458 bits per heavy atom. The van der Waals surface area contributed by atoms with Crippen LogP contribution in [0.5, 0.6) is 57.5 Å². The number of hydrogen-bond acceptors (Lipinski definition) is 14. The topological polar surface area (TPSA) is 252 Å². The number of nitrogens with zero attached hydrogens (tertiary/aromatic N) is 4. The maximum atomic E-state index is 12.0. The van der Waals surface area contributed by atoms with E-state index in [1.807, 2.05) is 146 Å². The molecule has 0 saturated heterocycles. The molecule has 14 heteroatoms. The molecule has 0 amide bonds. The van der Waals surface area contributed by atoms with Gasteiger partial charge in [0.1, 0.15) is 57.5 Å². The summed E-state index contributed by atoms with van der Waals surface area (Å²) in [4.78, 5) is 0. The van der Waals surface area contributed by atoms with Crippen LogP contribution in [0.4, 0.5) is 22.7 Å². The first-order valence-electron chi connectivity index (χ1n) is 31.8. The fourth-order valence-corrected chi connectivity index (χ4v) is 13.3. The van der Waals surface area contributed by atoms with E-state index >= 15 is 0 Å². The second kappa shape index (κ2) is 26.1. The van der Waals surface area contributed by atoms with E-state index < -0.39 is 0 Å². The summed E-state index contributed by atoms with van der Waals surface area (Å²) in [6.07, 6.45) is 1.91. The van der Waals surface area contributed by atoms with Crippen LogP contribution in [0.1, 0.15) is 111 Å². The molecule has 14 rings (SSSR count). The largest absolute Gasteiger partial charge is 0.507 e. The number of benzene rings is 12. The maximum absolute atomic E-state index is 12.0. The zero-order valence-electron chi connectivity index (χ0n) is 52.1. The fourth-order valence-electron chi connectivity index (χ4n) is 13.3. The molecule has 0 heterocycles. The summed E-state index contributed by atoms with van der Waals surface area (Å²) < 4.78 is 0. The molecule has 0 spiro atoms. The molecular weight excluding hydrogens is 1200 g/mol. The van der Waals surface area contributed by atoms with Gasteiger partial charge >= 0.3 is 0 Å². The van der Waals surface area contributed by atoms with Gasteiger partial charge in [-0.1, -0.05) is 170 Å². The molecule has 96 heavy (non-hydrogen) atoms. The molecule has 0 unspecified atom stereocenters. The second-order valence-corrected chi connectivity index (χ2v) is 24.9. The van der Waals surface area contributed by atoms with E-state index in [2.05, 4.69) is 20.5 Å². The Balaban J connectivity index is 0.736. The molecule has 0 saturated carbocycles. The third-order valence-corrected chi connectivity index (χ3v) is 18.6. The van der Waals surface area contributed by atoms with E-state index in [0.717, 1.165) is 11.1 Å². The molecule has 0 atom stereocenters. The van der Waals surface area contributed by atoms with Crippen molar-refractivity contribution in [3.8, 4) is 68.6 Å². The van der Waals surface area contributed by atoms with E-state index in [1.165, 1.54) is 0 Å². The Morgan fingerprint density at radius 2 is 0.292 bits per heavy atom. The third kappa shape index (κ3) is 12.6. The number of phenols is 10. The molecule has 20 bridgehead atoms. The Kier molecular flexibility index (Phi) is 16.7. The van der Waals surface area contributed by atoms with Crippen LogP contribution >= 0.6 is 0 Å². The number of hydrogen-bond donors (Lipinski definition) is 10. The van der Waals surface area contributed by atoms with Crippen LogP contribution in [-0.4, -0.2) is 51.1 Å². The van der Waals surface area contributed by atoms with Crippen molar-refractivity contribution in [3.63, 3.8) is 0 Å². The molecule has 0 fully saturated rings. The van der Waals surface area contributed by atoms with Gasteiger partial charge in [0.25, 0.3) is 0 Å². The number of rotatable bonds is 5. The van der Waals surface area contributed by atoms with Crippen molar-refractivity contribution >= 4 is 22.7 Å². The van der Waals surface area contributed by atoms with E-state index in [1.54, 1.807) is 72.8 Å². The quantitative estimate of drug-likeness (QED) is 0.0730. The monoisotopic (exact) mass is 1270 g/mol. The van der Waals surface area contributed by atoms with Gasteiger partial charge in [0, 0.05) is 86.5 Å². The van der Waals surface area contributed by atoms with Crippen molar-refractivity contribution in [2.24, 2.45) is 20.5 Å². The highest BCUT2D eigenvalue weighted by Gasteiger charge is 2.24. The summed E-state index contributed by atoms with van der Waals surface area (Å²) in [6, 6.07) is 65.6. The first kappa shape index (κ1) is 61.4. The molecule has 0 aliphatic heterocycles. The first-order chi connectivity index (χ1) is 46.6. The molecule has 2 aliphatic carbocycles. The summed E-state index contributed by atoms with van der Waals surface area (Å²) in [7, 11) is 0.